The first kappa shape index (κ1) is 46.8. The van der Waals surface area contributed by atoms with Gasteiger partial charge < -0.3 is 24.1 Å². The minimum atomic E-state index is -0.632. The van der Waals surface area contributed by atoms with Crippen molar-refractivity contribution < 1.29 is 38.4 Å². The molecule has 0 aromatic carbocycles. The number of ether oxygens (including phenoxy) is 4. The van der Waals surface area contributed by atoms with Gasteiger partial charge in [-0.1, -0.05) is 116 Å². The standard InChI is InChI=1S/C22H40O5.C19H34O3/c1-4-6-13-17-20(27-21(24)5-2)19(23)16-14-11-9-7-8-10-12-15-18-22(25)26-3;1-3-4-11-14-17-18(22-17)15-12-9-7-5-6-8-10-13-16-19(20)21-2/h11,14,19-20,23H,4-10,12-13,15-18H2,1-3H3;9,12,17-18H,3-8,10-11,13-16H2,1-2H3. The summed E-state index contributed by atoms with van der Waals surface area (Å²) in [5.74, 6) is -0.459. The van der Waals surface area contributed by atoms with Crippen LogP contribution in [0.3, 0.4) is 0 Å². The predicted molar refractivity (Wildman–Crippen MR) is 199 cm³/mol. The molecule has 1 aliphatic heterocycles. The number of epoxide rings is 1. The van der Waals surface area contributed by atoms with Gasteiger partial charge in [0.1, 0.15) is 6.10 Å². The number of hydrogen-bond donors (Lipinski definition) is 1. The molecular formula is C41H74O8. The Balaban J connectivity index is 0.000000958. The molecule has 1 rings (SSSR count). The van der Waals surface area contributed by atoms with E-state index < -0.39 is 12.2 Å². The Morgan fingerprint density at radius 3 is 1.71 bits per heavy atom. The minimum absolute atomic E-state index is 0.0850. The van der Waals surface area contributed by atoms with Crippen molar-refractivity contribution in [3.63, 3.8) is 0 Å². The number of esters is 3. The Kier molecular flexibility index (Phi) is 32.7. The summed E-state index contributed by atoms with van der Waals surface area (Å²) in [4.78, 5) is 33.5. The second kappa shape index (κ2) is 34.3. The first-order valence-electron chi connectivity index (χ1n) is 19.8. The Morgan fingerprint density at radius 2 is 1.16 bits per heavy atom. The summed E-state index contributed by atoms with van der Waals surface area (Å²) >= 11 is 0. The van der Waals surface area contributed by atoms with E-state index in [4.69, 9.17) is 9.47 Å². The van der Waals surface area contributed by atoms with Crippen molar-refractivity contribution in [2.45, 2.75) is 206 Å². The minimum Gasteiger partial charge on any atom is -0.469 e. The summed E-state index contributed by atoms with van der Waals surface area (Å²) in [5.41, 5.74) is 0. The van der Waals surface area contributed by atoms with Crippen molar-refractivity contribution in [2.24, 2.45) is 0 Å². The summed E-state index contributed by atoms with van der Waals surface area (Å²) in [6.07, 6.45) is 34.1. The maximum Gasteiger partial charge on any atom is 0.305 e. The van der Waals surface area contributed by atoms with Crippen molar-refractivity contribution in [3.05, 3.63) is 24.3 Å². The van der Waals surface area contributed by atoms with E-state index in [2.05, 4.69) is 41.5 Å². The van der Waals surface area contributed by atoms with Gasteiger partial charge >= 0.3 is 17.9 Å². The van der Waals surface area contributed by atoms with Gasteiger partial charge in [0.25, 0.3) is 0 Å². The Bertz CT molecular complexity index is 854. The van der Waals surface area contributed by atoms with Crippen LogP contribution in [-0.2, 0) is 33.3 Å². The zero-order valence-corrected chi connectivity index (χ0v) is 32.1. The SMILES string of the molecule is CCCCCC(OC(=O)CC)C(O)CC=CCCCCCCCC(=O)OC.CCCCCC1OC1CC=CCCCCCCCC(=O)OC. The Hall–Kier alpha value is -2.19. The number of aliphatic hydroxyl groups is 1. The largest absolute Gasteiger partial charge is 0.469 e. The second-order valence-corrected chi connectivity index (χ2v) is 13.3. The zero-order chi connectivity index (χ0) is 36.4. The summed E-state index contributed by atoms with van der Waals surface area (Å²) in [5, 5.41) is 10.4. The number of allylic oxidation sites excluding steroid dienone is 2. The fourth-order valence-electron chi connectivity index (χ4n) is 5.59. The first-order valence-corrected chi connectivity index (χ1v) is 19.8. The van der Waals surface area contributed by atoms with E-state index >= 15 is 0 Å². The number of unbranched alkanes of at least 4 members (excludes halogenated alkanes) is 14. The van der Waals surface area contributed by atoms with E-state index in [-0.39, 0.29) is 17.9 Å². The molecule has 0 amide bonds. The number of hydrogen-bond acceptors (Lipinski definition) is 8. The zero-order valence-electron chi connectivity index (χ0n) is 32.1. The third kappa shape index (κ3) is 30.4. The molecule has 0 radical (unpaired) electrons. The topological polar surface area (TPSA) is 112 Å². The van der Waals surface area contributed by atoms with Gasteiger partial charge in [-0.25, -0.2) is 0 Å². The third-order valence-corrected chi connectivity index (χ3v) is 8.91. The predicted octanol–water partition coefficient (Wildman–Crippen LogP) is 10.3. The monoisotopic (exact) mass is 695 g/mol. The van der Waals surface area contributed by atoms with Crippen LogP contribution >= 0.6 is 0 Å². The molecule has 0 bridgehead atoms. The summed E-state index contributed by atoms with van der Waals surface area (Å²) < 4.78 is 20.3. The number of carbonyl (C=O) groups is 3. The van der Waals surface area contributed by atoms with Crippen LogP contribution in [0.1, 0.15) is 181 Å². The van der Waals surface area contributed by atoms with Gasteiger partial charge in [0, 0.05) is 19.3 Å². The Labute approximate surface area is 300 Å². The molecule has 4 atom stereocenters. The molecule has 4 unspecified atom stereocenters. The first-order chi connectivity index (χ1) is 23.8. The molecule has 1 heterocycles. The smallest absolute Gasteiger partial charge is 0.305 e. The molecule has 49 heavy (non-hydrogen) atoms. The summed E-state index contributed by atoms with van der Waals surface area (Å²) in [6, 6.07) is 0. The van der Waals surface area contributed by atoms with Crippen LogP contribution in [-0.4, -0.2) is 61.6 Å². The van der Waals surface area contributed by atoms with E-state index in [9.17, 15) is 19.5 Å². The molecule has 0 spiro atoms. The van der Waals surface area contributed by atoms with Crippen LogP contribution in [0.25, 0.3) is 0 Å². The molecule has 1 fully saturated rings. The number of methoxy groups -OCH3 is 2. The molecule has 8 nitrogen and oxygen atoms in total. The Morgan fingerprint density at radius 1 is 0.633 bits per heavy atom. The highest BCUT2D eigenvalue weighted by molar-refractivity contribution is 5.69. The van der Waals surface area contributed by atoms with Crippen LogP contribution in [0.4, 0.5) is 0 Å². The van der Waals surface area contributed by atoms with Crippen molar-refractivity contribution in [1.29, 1.82) is 0 Å². The van der Waals surface area contributed by atoms with E-state index in [0.717, 1.165) is 83.5 Å². The van der Waals surface area contributed by atoms with Crippen LogP contribution in [0.5, 0.6) is 0 Å². The molecule has 0 aliphatic carbocycles. The van der Waals surface area contributed by atoms with Crippen LogP contribution in [0.2, 0.25) is 0 Å². The van der Waals surface area contributed by atoms with Crippen molar-refractivity contribution >= 4 is 17.9 Å². The lowest BCUT2D eigenvalue weighted by Crippen LogP contribution is -2.31. The number of carbonyl (C=O) groups excluding carboxylic acids is 3. The average Bonchev–Trinajstić information content (AvgIpc) is 3.86. The normalized spacial score (nSPS) is 16.6. The van der Waals surface area contributed by atoms with Crippen molar-refractivity contribution in [3.8, 4) is 0 Å². The van der Waals surface area contributed by atoms with Gasteiger partial charge in [-0.2, -0.15) is 0 Å². The molecule has 0 aromatic heterocycles. The highest BCUT2D eigenvalue weighted by Crippen LogP contribution is 2.30. The summed E-state index contributed by atoms with van der Waals surface area (Å²) in [7, 11) is 2.88. The van der Waals surface area contributed by atoms with Crippen molar-refractivity contribution in [2.75, 3.05) is 14.2 Å². The lowest BCUT2D eigenvalue weighted by molar-refractivity contribution is -0.155. The van der Waals surface area contributed by atoms with Gasteiger partial charge in [-0.05, 0) is 70.6 Å². The molecule has 286 valence electrons. The van der Waals surface area contributed by atoms with Crippen LogP contribution in [0, 0.1) is 0 Å². The molecule has 1 aliphatic rings. The fraction of sp³-hybridized carbons (Fsp3) is 0.829. The maximum absolute atomic E-state index is 11.6. The molecule has 8 heteroatoms. The molecule has 1 N–H and O–H groups in total. The van der Waals surface area contributed by atoms with E-state index in [1.807, 2.05) is 6.08 Å². The second-order valence-electron chi connectivity index (χ2n) is 13.3. The van der Waals surface area contributed by atoms with Gasteiger partial charge in [0.15, 0.2) is 0 Å². The van der Waals surface area contributed by atoms with E-state index in [1.54, 1.807) is 6.92 Å². The third-order valence-electron chi connectivity index (χ3n) is 8.91. The quantitative estimate of drug-likeness (QED) is 0.0251. The lowest BCUT2D eigenvalue weighted by Gasteiger charge is -2.22. The molecule has 1 saturated heterocycles. The van der Waals surface area contributed by atoms with E-state index in [1.165, 1.54) is 65.6 Å². The van der Waals surface area contributed by atoms with Gasteiger partial charge in [0.05, 0.1) is 32.5 Å². The molecular weight excluding hydrogens is 620 g/mol. The molecule has 0 aromatic rings. The number of rotatable bonds is 31. The highest BCUT2D eigenvalue weighted by Gasteiger charge is 2.36. The average molecular weight is 695 g/mol. The van der Waals surface area contributed by atoms with Crippen LogP contribution in [0.15, 0.2) is 24.3 Å². The lowest BCUT2D eigenvalue weighted by atomic mass is 10.0. The number of aliphatic hydroxyl groups excluding tert-OH is 1. The van der Waals surface area contributed by atoms with Gasteiger partial charge in [0.2, 0.25) is 0 Å². The van der Waals surface area contributed by atoms with E-state index in [0.29, 0.717) is 37.9 Å². The maximum atomic E-state index is 11.6. The molecule has 0 saturated carbocycles. The highest BCUT2D eigenvalue weighted by atomic mass is 16.6. The van der Waals surface area contributed by atoms with Crippen molar-refractivity contribution in [1.82, 2.24) is 0 Å². The van der Waals surface area contributed by atoms with Gasteiger partial charge in [-0.3, -0.25) is 14.4 Å². The fourth-order valence-corrected chi connectivity index (χ4v) is 5.59. The summed E-state index contributed by atoms with van der Waals surface area (Å²) in [6.45, 7) is 6.14. The van der Waals surface area contributed by atoms with Crippen LogP contribution < -0.4 is 0 Å². The van der Waals surface area contributed by atoms with Gasteiger partial charge in [-0.15, -0.1) is 0 Å².